The molecule has 26 heavy (non-hydrogen) atoms. The van der Waals surface area contributed by atoms with Gasteiger partial charge in [-0.1, -0.05) is 32.9 Å². The van der Waals surface area contributed by atoms with Crippen molar-refractivity contribution in [2.75, 3.05) is 0 Å². The van der Waals surface area contributed by atoms with Gasteiger partial charge in [0.15, 0.2) is 0 Å². The van der Waals surface area contributed by atoms with Crippen molar-refractivity contribution in [1.29, 1.82) is 0 Å². The number of carbonyl (C=O) groups is 2. The topological polar surface area (TPSA) is 90.0 Å². The highest BCUT2D eigenvalue weighted by Gasteiger charge is 2.67. The van der Waals surface area contributed by atoms with Crippen LogP contribution in [0.3, 0.4) is 0 Å². The number of rotatable bonds is 3. The number of ether oxygens (including phenoxy) is 1. The Balaban J connectivity index is 1.42. The predicted octanol–water partition coefficient (Wildman–Crippen LogP) is 1.40. The summed E-state index contributed by atoms with van der Waals surface area (Å²) in [5, 5.41) is -0.196. The highest BCUT2D eigenvalue weighted by atomic mass is 32.2. The summed E-state index contributed by atoms with van der Waals surface area (Å²) in [5.41, 5.74) is -0.525. The third-order valence-electron chi connectivity index (χ3n) is 8.11. The summed E-state index contributed by atoms with van der Waals surface area (Å²) in [7, 11) is -4.09. The van der Waals surface area contributed by atoms with Gasteiger partial charge in [0.1, 0.15) is 0 Å². The molecular weight excluding hydrogens is 358 g/mol. The van der Waals surface area contributed by atoms with E-state index in [1.165, 1.54) is 0 Å². The average Bonchev–Trinajstić information content (AvgIpc) is 3.31. The van der Waals surface area contributed by atoms with Crippen LogP contribution in [0.2, 0.25) is 0 Å². The largest absolute Gasteiger partial charge is 0.365 e. The van der Waals surface area contributed by atoms with Crippen molar-refractivity contribution in [3.05, 3.63) is 12.2 Å². The van der Waals surface area contributed by atoms with Gasteiger partial charge in [0.25, 0.3) is 21.9 Å². The Morgan fingerprint density at radius 1 is 1.12 bits per heavy atom. The van der Waals surface area contributed by atoms with E-state index in [1.54, 1.807) is 12.2 Å². The van der Waals surface area contributed by atoms with Crippen molar-refractivity contribution in [3.63, 3.8) is 0 Å². The maximum Gasteiger partial charge on any atom is 0.292 e. The van der Waals surface area contributed by atoms with Crippen LogP contribution in [-0.2, 0) is 28.7 Å². The zero-order chi connectivity index (χ0) is 18.6. The fraction of sp³-hybridized carbons (Fsp3) is 0.778. The molecule has 0 radical (unpaired) electrons. The molecule has 7 atom stereocenters. The van der Waals surface area contributed by atoms with Gasteiger partial charge in [0.05, 0.1) is 29.3 Å². The Hall–Kier alpha value is -1.25. The fourth-order valence-corrected chi connectivity index (χ4v) is 8.06. The zero-order valence-electron chi connectivity index (χ0n) is 15.0. The first-order valence-corrected chi connectivity index (χ1v) is 10.7. The van der Waals surface area contributed by atoms with E-state index in [2.05, 4.69) is 13.8 Å². The Labute approximate surface area is 152 Å². The minimum Gasteiger partial charge on any atom is -0.365 e. The average molecular weight is 381 g/mol. The minimum atomic E-state index is -4.09. The maximum atomic E-state index is 13.0. The van der Waals surface area contributed by atoms with E-state index in [4.69, 9.17) is 9.02 Å². The first-order valence-electron chi connectivity index (χ1n) is 9.23. The minimum absolute atomic E-state index is 0.111. The van der Waals surface area contributed by atoms with Gasteiger partial charge in [0.2, 0.25) is 0 Å². The molecule has 0 aromatic rings. The SMILES string of the molecule is CC1(C)C2CCC1(C)C(S(=O)(=O)ON1C(=O)C3C4C=CC(O4)C3C1=O)C2. The number of carbonyl (C=O) groups excluding carboxylic acids is 2. The number of amides is 2. The van der Waals surface area contributed by atoms with Gasteiger partial charge >= 0.3 is 0 Å². The van der Waals surface area contributed by atoms with Gasteiger partial charge in [-0.3, -0.25) is 9.59 Å². The quantitative estimate of drug-likeness (QED) is 0.542. The molecule has 3 aliphatic heterocycles. The van der Waals surface area contributed by atoms with E-state index >= 15 is 0 Å². The molecule has 0 aromatic heterocycles. The molecule has 7 nitrogen and oxygen atoms in total. The fourth-order valence-electron chi connectivity index (χ4n) is 6.07. The van der Waals surface area contributed by atoms with E-state index in [-0.39, 0.29) is 5.41 Å². The van der Waals surface area contributed by atoms with Crippen LogP contribution in [0.15, 0.2) is 12.2 Å². The normalized spacial score (nSPS) is 48.0. The highest BCUT2D eigenvalue weighted by molar-refractivity contribution is 7.87. The van der Waals surface area contributed by atoms with Crippen LogP contribution in [0.1, 0.15) is 40.0 Å². The molecule has 0 N–H and O–H groups in total. The van der Waals surface area contributed by atoms with Gasteiger partial charge in [0, 0.05) is 0 Å². The third-order valence-corrected chi connectivity index (χ3v) is 9.88. The summed E-state index contributed by atoms with van der Waals surface area (Å²) in [6, 6.07) is 0. The van der Waals surface area contributed by atoms with Crippen molar-refractivity contribution in [3.8, 4) is 0 Å². The smallest absolute Gasteiger partial charge is 0.292 e. The Bertz CT molecular complexity index is 818. The summed E-state index contributed by atoms with van der Waals surface area (Å²) in [6.07, 6.45) is 4.93. The molecule has 2 aliphatic carbocycles. The van der Waals surface area contributed by atoms with E-state index in [1.807, 2.05) is 6.92 Å². The highest BCUT2D eigenvalue weighted by Crippen LogP contribution is 2.67. The summed E-state index contributed by atoms with van der Waals surface area (Å²) < 4.78 is 36.9. The lowest BCUT2D eigenvalue weighted by atomic mass is 9.71. The van der Waals surface area contributed by atoms with Crippen LogP contribution < -0.4 is 0 Å². The first kappa shape index (κ1) is 16.9. The second-order valence-electron chi connectivity index (χ2n) is 9.14. The zero-order valence-corrected chi connectivity index (χ0v) is 15.9. The van der Waals surface area contributed by atoms with Crippen LogP contribution in [0.5, 0.6) is 0 Å². The third kappa shape index (κ3) is 1.78. The maximum absolute atomic E-state index is 13.0. The monoisotopic (exact) mass is 381 g/mol. The number of imide groups is 1. The van der Waals surface area contributed by atoms with Crippen LogP contribution in [0.4, 0.5) is 0 Å². The van der Waals surface area contributed by atoms with Crippen molar-refractivity contribution in [1.82, 2.24) is 5.06 Å². The summed E-state index contributed by atoms with van der Waals surface area (Å²) in [4.78, 5) is 25.3. The van der Waals surface area contributed by atoms with E-state index in [0.717, 1.165) is 12.8 Å². The standard InChI is InChI=1S/C18H23NO6S/c1-17(2)9-6-7-18(17,3)12(8-9)26(22,23)25-19-15(20)13-10-4-5-11(24-10)14(13)16(19)21/h4-5,9-14H,6-8H2,1-3H3. The molecule has 2 amide bonds. The lowest BCUT2D eigenvalue weighted by Gasteiger charge is -2.38. The molecule has 0 aromatic carbocycles. The van der Waals surface area contributed by atoms with E-state index in [9.17, 15) is 18.0 Å². The second kappa shape index (κ2) is 4.77. The molecular formula is C18H23NO6S. The molecule has 142 valence electrons. The van der Waals surface area contributed by atoms with Crippen LogP contribution in [-0.4, -0.2) is 42.8 Å². The van der Waals surface area contributed by atoms with E-state index < -0.39 is 56.6 Å². The Morgan fingerprint density at radius 2 is 1.69 bits per heavy atom. The van der Waals surface area contributed by atoms with Crippen molar-refractivity contribution < 1.29 is 27.0 Å². The molecule has 7 unspecified atom stereocenters. The van der Waals surface area contributed by atoms with Crippen LogP contribution >= 0.6 is 0 Å². The molecule has 5 aliphatic rings. The van der Waals surface area contributed by atoms with E-state index in [0.29, 0.717) is 17.4 Å². The molecule has 4 bridgehead atoms. The summed E-state index contributed by atoms with van der Waals surface area (Å²) in [5.74, 6) is -2.23. The number of hydrogen-bond donors (Lipinski definition) is 0. The Kier molecular flexibility index (Phi) is 3.10. The van der Waals surface area contributed by atoms with Crippen LogP contribution in [0.25, 0.3) is 0 Å². The van der Waals surface area contributed by atoms with Gasteiger partial charge in [-0.2, -0.15) is 8.42 Å². The van der Waals surface area contributed by atoms with Gasteiger partial charge < -0.3 is 4.74 Å². The van der Waals surface area contributed by atoms with Crippen LogP contribution in [0, 0.1) is 28.6 Å². The molecule has 2 saturated carbocycles. The molecule has 3 heterocycles. The molecule has 0 spiro atoms. The number of hydrogen-bond acceptors (Lipinski definition) is 6. The van der Waals surface area contributed by atoms with Crippen molar-refractivity contribution >= 4 is 21.9 Å². The van der Waals surface area contributed by atoms with Crippen molar-refractivity contribution in [2.45, 2.75) is 57.5 Å². The summed E-state index contributed by atoms with van der Waals surface area (Å²) in [6.45, 7) is 6.21. The van der Waals surface area contributed by atoms with Gasteiger partial charge in [-0.05, 0) is 36.0 Å². The van der Waals surface area contributed by atoms with Gasteiger partial charge in [-0.25, -0.2) is 0 Å². The molecule has 2 saturated heterocycles. The summed E-state index contributed by atoms with van der Waals surface area (Å²) >= 11 is 0. The molecule has 5 rings (SSSR count). The predicted molar refractivity (Wildman–Crippen MR) is 89.7 cm³/mol. The lowest BCUT2D eigenvalue weighted by Crippen LogP contribution is -2.45. The number of fused-ring (bicyclic) bond motifs is 7. The lowest BCUT2D eigenvalue weighted by molar-refractivity contribution is -0.168. The van der Waals surface area contributed by atoms with Gasteiger partial charge in [-0.15, -0.1) is 9.35 Å². The molecule has 8 heteroatoms. The first-order chi connectivity index (χ1) is 12.1. The molecule has 4 fully saturated rings. The Morgan fingerprint density at radius 3 is 2.15 bits per heavy atom. The number of nitrogens with zero attached hydrogens (tertiary/aromatic N) is 1. The second-order valence-corrected chi connectivity index (χ2v) is 10.8. The number of hydroxylamine groups is 2. The van der Waals surface area contributed by atoms with Crippen molar-refractivity contribution in [2.24, 2.45) is 28.6 Å².